The molecule has 8 heteroatoms. The Balaban J connectivity index is 1.96. The largest absolute Gasteiger partial charge is 0.511 e. The summed E-state index contributed by atoms with van der Waals surface area (Å²) in [7, 11) is 0. The molecular formula is C25H28F2N2O4. The van der Waals surface area contributed by atoms with Gasteiger partial charge in [-0.25, -0.2) is 18.4 Å². The Labute approximate surface area is 191 Å². The number of benzene rings is 2. The number of carbonyl (C=O) groups is 1. The lowest BCUT2D eigenvalue weighted by molar-refractivity contribution is 0.138. The Morgan fingerprint density at radius 3 is 2.33 bits per heavy atom. The molecule has 1 aromatic heterocycles. The quantitative estimate of drug-likeness (QED) is 0.294. The number of rotatable bonds is 10. The first-order valence-electron chi connectivity index (χ1n) is 11.1. The van der Waals surface area contributed by atoms with E-state index in [0.29, 0.717) is 30.5 Å². The van der Waals surface area contributed by atoms with Crippen molar-refractivity contribution >= 4 is 6.16 Å². The van der Waals surface area contributed by atoms with Gasteiger partial charge in [0.1, 0.15) is 11.4 Å². The maximum Gasteiger partial charge on any atom is 0.511 e. The fourth-order valence-electron chi connectivity index (χ4n) is 3.96. The molecule has 0 amide bonds. The number of para-hydroxylation sites is 1. The molecule has 0 bridgehead atoms. The second-order valence-corrected chi connectivity index (χ2v) is 7.82. The van der Waals surface area contributed by atoms with Gasteiger partial charge >= 0.3 is 11.8 Å². The maximum atomic E-state index is 13.9. The lowest BCUT2D eigenvalue weighted by Crippen LogP contribution is -2.26. The van der Waals surface area contributed by atoms with E-state index in [1.165, 1.54) is 9.13 Å². The maximum absolute atomic E-state index is 13.9. The lowest BCUT2D eigenvalue weighted by Gasteiger charge is -2.11. The zero-order valence-corrected chi connectivity index (χ0v) is 18.8. The van der Waals surface area contributed by atoms with Gasteiger partial charge in [-0.15, -0.1) is 0 Å². The second-order valence-electron chi connectivity index (χ2n) is 7.82. The third-order valence-electron chi connectivity index (χ3n) is 5.49. The van der Waals surface area contributed by atoms with Gasteiger partial charge in [0.05, 0.1) is 6.54 Å². The Morgan fingerprint density at radius 2 is 1.73 bits per heavy atom. The minimum atomic E-state index is -2.72. The average Bonchev–Trinajstić information content (AvgIpc) is 3.04. The van der Waals surface area contributed by atoms with Crippen LogP contribution >= 0.6 is 0 Å². The van der Waals surface area contributed by atoms with Gasteiger partial charge in [-0.2, -0.15) is 0 Å². The van der Waals surface area contributed by atoms with E-state index in [4.69, 9.17) is 9.84 Å². The first-order valence-corrected chi connectivity index (χ1v) is 11.1. The van der Waals surface area contributed by atoms with Gasteiger partial charge < -0.3 is 9.84 Å². The van der Waals surface area contributed by atoms with E-state index in [-0.39, 0.29) is 24.5 Å². The molecule has 0 radical (unpaired) electrons. The van der Waals surface area contributed by atoms with Crippen molar-refractivity contribution in [3.05, 3.63) is 76.0 Å². The van der Waals surface area contributed by atoms with Crippen molar-refractivity contribution < 1.29 is 23.4 Å². The Bertz CT molecular complexity index is 1150. The highest BCUT2D eigenvalue weighted by Crippen LogP contribution is 2.30. The molecule has 33 heavy (non-hydrogen) atoms. The number of imidazole rings is 1. The minimum Gasteiger partial charge on any atom is -0.449 e. The van der Waals surface area contributed by atoms with E-state index in [2.05, 4.69) is 0 Å². The first-order chi connectivity index (χ1) is 15.9. The molecule has 0 spiro atoms. The number of unbranched alkanes of at least 4 members (excludes halogenated alkanes) is 1. The number of nitrogens with zero attached hydrogens (tertiary/aromatic N) is 2. The van der Waals surface area contributed by atoms with Gasteiger partial charge in [0.2, 0.25) is 0 Å². The van der Waals surface area contributed by atoms with E-state index in [1.54, 1.807) is 48.5 Å². The molecule has 0 aliphatic heterocycles. The normalized spacial score (nSPS) is 11.2. The van der Waals surface area contributed by atoms with Crippen molar-refractivity contribution in [3.8, 4) is 16.9 Å². The summed E-state index contributed by atoms with van der Waals surface area (Å²) in [5.74, 6) is 0.216. The molecule has 0 aliphatic carbocycles. The number of hydrogen-bond acceptors (Lipinski definition) is 3. The molecule has 1 N–H and O–H groups in total. The highest BCUT2D eigenvalue weighted by atomic mass is 19.3. The number of carboxylic acid groups (broad SMARTS) is 1. The smallest absolute Gasteiger partial charge is 0.449 e. The van der Waals surface area contributed by atoms with E-state index >= 15 is 0 Å². The standard InChI is InChI=1S/C25H28F2N2O4/c1-3-5-15-28-22(23(26)27)20(8-4-2)29(24(28)30)16-17-11-13-18(14-12-17)19-9-6-7-10-21(19)33-25(31)32/h6-7,9-14,23H,3-5,8,15-16H2,1-2H3,(H,31,32). The predicted molar refractivity (Wildman–Crippen MR) is 122 cm³/mol. The summed E-state index contributed by atoms with van der Waals surface area (Å²) in [5, 5.41) is 8.95. The summed E-state index contributed by atoms with van der Waals surface area (Å²) in [6, 6.07) is 14.0. The summed E-state index contributed by atoms with van der Waals surface area (Å²) in [5.41, 5.74) is 1.94. The molecule has 3 aromatic rings. The highest BCUT2D eigenvalue weighted by molar-refractivity contribution is 5.74. The number of aromatic nitrogens is 2. The molecule has 2 aromatic carbocycles. The van der Waals surface area contributed by atoms with E-state index < -0.39 is 18.3 Å². The van der Waals surface area contributed by atoms with Crippen LogP contribution in [-0.2, 0) is 19.5 Å². The molecular weight excluding hydrogens is 430 g/mol. The zero-order chi connectivity index (χ0) is 24.0. The van der Waals surface area contributed by atoms with E-state index in [1.807, 2.05) is 13.8 Å². The SMILES string of the molecule is CCCCn1c(C(F)F)c(CCC)n(Cc2ccc(-c3ccccc3OC(=O)O)cc2)c1=O. The van der Waals surface area contributed by atoms with Crippen LogP contribution in [-0.4, -0.2) is 20.4 Å². The number of ether oxygens (including phenoxy) is 1. The van der Waals surface area contributed by atoms with Crippen LogP contribution in [0.15, 0.2) is 53.3 Å². The van der Waals surface area contributed by atoms with Crippen molar-refractivity contribution in [2.24, 2.45) is 0 Å². The third kappa shape index (κ3) is 5.50. The van der Waals surface area contributed by atoms with Gasteiger partial charge in [0, 0.05) is 17.8 Å². The van der Waals surface area contributed by atoms with Crippen LogP contribution in [0.2, 0.25) is 0 Å². The van der Waals surface area contributed by atoms with Gasteiger partial charge in [-0.3, -0.25) is 9.13 Å². The molecule has 0 unspecified atom stereocenters. The molecule has 0 fully saturated rings. The summed E-state index contributed by atoms with van der Waals surface area (Å²) in [6.45, 7) is 4.32. The third-order valence-corrected chi connectivity index (χ3v) is 5.49. The fourth-order valence-corrected chi connectivity index (χ4v) is 3.96. The first kappa shape index (κ1) is 24.2. The molecule has 0 saturated carbocycles. The molecule has 6 nitrogen and oxygen atoms in total. The average molecular weight is 459 g/mol. The number of alkyl halides is 2. The van der Waals surface area contributed by atoms with Crippen LogP contribution in [0.5, 0.6) is 5.75 Å². The molecule has 0 saturated heterocycles. The summed E-state index contributed by atoms with van der Waals surface area (Å²) < 4.78 is 35.4. The number of halogens is 2. The molecule has 3 rings (SSSR count). The molecule has 1 heterocycles. The van der Waals surface area contributed by atoms with Crippen LogP contribution < -0.4 is 10.4 Å². The minimum absolute atomic E-state index is 0.174. The topological polar surface area (TPSA) is 73.5 Å². The van der Waals surface area contributed by atoms with Crippen molar-refractivity contribution in [1.29, 1.82) is 0 Å². The van der Waals surface area contributed by atoms with Crippen molar-refractivity contribution in [3.63, 3.8) is 0 Å². The van der Waals surface area contributed by atoms with Crippen LogP contribution in [0.1, 0.15) is 56.5 Å². The highest BCUT2D eigenvalue weighted by Gasteiger charge is 2.25. The van der Waals surface area contributed by atoms with Crippen LogP contribution in [0, 0.1) is 0 Å². The Hall–Kier alpha value is -3.42. The van der Waals surface area contributed by atoms with E-state index in [9.17, 15) is 18.4 Å². The lowest BCUT2D eigenvalue weighted by atomic mass is 10.0. The molecule has 176 valence electrons. The predicted octanol–water partition coefficient (Wildman–Crippen LogP) is 6.11. The Morgan fingerprint density at radius 1 is 1.03 bits per heavy atom. The van der Waals surface area contributed by atoms with Gasteiger partial charge in [-0.1, -0.05) is 69.2 Å². The van der Waals surface area contributed by atoms with Crippen LogP contribution in [0.3, 0.4) is 0 Å². The molecule has 0 aliphatic rings. The fraction of sp³-hybridized carbons (Fsp3) is 0.360. The second kappa shape index (κ2) is 10.9. The monoisotopic (exact) mass is 458 g/mol. The zero-order valence-electron chi connectivity index (χ0n) is 18.8. The van der Waals surface area contributed by atoms with Crippen molar-refractivity contribution in [2.45, 2.75) is 59.0 Å². The summed E-state index contributed by atoms with van der Waals surface area (Å²) >= 11 is 0. The van der Waals surface area contributed by atoms with E-state index in [0.717, 1.165) is 17.5 Å². The van der Waals surface area contributed by atoms with Crippen molar-refractivity contribution in [1.82, 2.24) is 9.13 Å². The van der Waals surface area contributed by atoms with Gasteiger partial charge in [0.25, 0.3) is 6.43 Å². The van der Waals surface area contributed by atoms with Gasteiger partial charge in [-0.05, 0) is 30.0 Å². The van der Waals surface area contributed by atoms with Crippen LogP contribution in [0.4, 0.5) is 13.6 Å². The summed E-state index contributed by atoms with van der Waals surface area (Å²) in [6.07, 6.45) is -1.61. The summed E-state index contributed by atoms with van der Waals surface area (Å²) in [4.78, 5) is 24.0. The van der Waals surface area contributed by atoms with Crippen molar-refractivity contribution in [2.75, 3.05) is 0 Å². The Kier molecular flexibility index (Phi) is 8.03. The van der Waals surface area contributed by atoms with Crippen LogP contribution in [0.25, 0.3) is 11.1 Å². The number of hydrogen-bond donors (Lipinski definition) is 1. The van der Waals surface area contributed by atoms with Gasteiger partial charge in [0.15, 0.2) is 0 Å². The molecule has 0 atom stereocenters.